The van der Waals surface area contributed by atoms with E-state index in [4.69, 9.17) is 35.7 Å². The molecule has 10 nitrogen and oxygen atoms in total. The van der Waals surface area contributed by atoms with Gasteiger partial charge in [0.25, 0.3) is 5.89 Å². The monoisotopic (exact) mass is 549 g/mol. The molecular weight excluding hydrogens is 518 g/mol. The highest BCUT2D eigenvalue weighted by atomic mass is 35.5. The van der Waals surface area contributed by atoms with Gasteiger partial charge < -0.3 is 18.6 Å². The van der Waals surface area contributed by atoms with Crippen LogP contribution in [0, 0.1) is 11.8 Å². The summed E-state index contributed by atoms with van der Waals surface area (Å²) in [5.41, 5.74) is 2.79. The average Bonchev–Trinajstić information content (AvgIpc) is 3.53. The minimum Gasteiger partial charge on any atom is -0.384 e. The van der Waals surface area contributed by atoms with Crippen LogP contribution in [-0.2, 0) is 11.3 Å². The number of rotatable bonds is 6. The Morgan fingerprint density at radius 2 is 2.00 bits per heavy atom. The number of hydrogen-bond donors (Lipinski definition) is 1. The molecule has 1 aliphatic carbocycles. The van der Waals surface area contributed by atoms with E-state index in [1.807, 2.05) is 30.3 Å². The second-order valence-corrected chi connectivity index (χ2v) is 11.1. The van der Waals surface area contributed by atoms with Crippen molar-refractivity contribution in [1.82, 2.24) is 29.7 Å². The number of benzene rings is 1. The number of nitrogens with zero attached hydrogens (tertiary/aromatic N) is 6. The van der Waals surface area contributed by atoms with Gasteiger partial charge in [0.2, 0.25) is 11.8 Å². The van der Waals surface area contributed by atoms with Crippen molar-refractivity contribution in [2.45, 2.75) is 58.2 Å². The fourth-order valence-corrected chi connectivity index (χ4v) is 6.03. The van der Waals surface area contributed by atoms with Crippen LogP contribution in [0.1, 0.15) is 39.5 Å². The van der Waals surface area contributed by atoms with E-state index in [-0.39, 0.29) is 23.9 Å². The fourth-order valence-electron chi connectivity index (χ4n) is 5.84. The van der Waals surface area contributed by atoms with Crippen LogP contribution in [0.4, 0.5) is 5.95 Å². The number of H-pyrrole nitrogens is 1. The van der Waals surface area contributed by atoms with Crippen LogP contribution >= 0.6 is 11.6 Å². The third-order valence-corrected chi connectivity index (χ3v) is 8.17. The van der Waals surface area contributed by atoms with E-state index in [2.05, 4.69) is 40.1 Å². The third-order valence-electron chi connectivity index (χ3n) is 7.94. The number of anilines is 1. The normalized spacial score (nSPS) is 23.8. The largest absolute Gasteiger partial charge is 0.434 e. The molecule has 2 aliphatic rings. The van der Waals surface area contributed by atoms with E-state index in [1.165, 1.54) is 12.8 Å². The van der Waals surface area contributed by atoms with Crippen LogP contribution in [0.15, 0.2) is 46.1 Å². The lowest BCUT2D eigenvalue weighted by molar-refractivity contribution is 0.0345. The SMILES string of the molecule is C=C[C@@H]1[C@@H](C)OCCN1c1nc2nc(-c3n[nH]c(=O)o3)nc(-c3cccc(Cl)c3)c2n1CC1CCC(C)CC1. The van der Waals surface area contributed by atoms with Crippen LogP contribution in [0.25, 0.3) is 34.1 Å². The van der Waals surface area contributed by atoms with Gasteiger partial charge in [-0.25, -0.2) is 19.9 Å². The number of imidazole rings is 1. The Kier molecular flexibility index (Phi) is 6.99. The number of fused-ring (bicyclic) bond motifs is 1. The summed E-state index contributed by atoms with van der Waals surface area (Å²) in [6.07, 6.45) is 6.65. The first-order valence-electron chi connectivity index (χ1n) is 13.5. The predicted molar refractivity (Wildman–Crippen MR) is 150 cm³/mol. The van der Waals surface area contributed by atoms with Gasteiger partial charge in [0, 0.05) is 23.7 Å². The maximum absolute atomic E-state index is 11.7. The van der Waals surface area contributed by atoms with Gasteiger partial charge in [-0.1, -0.05) is 49.6 Å². The van der Waals surface area contributed by atoms with E-state index in [9.17, 15) is 4.79 Å². The molecule has 1 saturated carbocycles. The molecule has 11 heteroatoms. The van der Waals surface area contributed by atoms with E-state index in [0.717, 1.165) is 42.3 Å². The lowest BCUT2D eigenvalue weighted by Gasteiger charge is -2.39. The van der Waals surface area contributed by atoms with Crippen molar-refractivity contribution < 1.29 is 9.15 Å². The molecule has 0 unspecified atom stereocenters. The summed E-state index contributed by atoms with van der Waals surface area (Å²) in [6, 6.07) is 7.50. The van der Waals surface area contributed by atoms with Crippen molar-refractivity contribution in [3.63, 3.8) is 0 Å². The summed E-state index contributed by atoms with van der Waals surface area (Å²) < 4.78 is 13.4. The van der Waals surface area contributed by atoms with Crippen molar-refractivity contribution in [2.24, 2.45) is 11.8 Å². The van der Waals surface area contributed by atoms with Crippen molar-refractivity contribution in [3.8, 4) is 23.0 Å². The van der Waals surface area contributed by atoms with Gasteiger partial charge in [0.1, 0.15) is 11.2 Å². The number of hydrogen-bond acceptors (Lipinski definition) is 8. The van der Waals surface area contributed by atoms with Crippen LogP contribution in [-0.4, -0.2) is 55.0 Å². The minimum atomic E-state index is -0.674. The maximum Gasteiger partial charge on any atom is 0.434 e. The van der Waals surface area contributed by atoms with Gasteiger partial charge >= 0.3 is 5.76 Å². The van der Waals surface area contributed by atoms with Gasteiger partial charge in [0.05, 0.1) is 18.8 Å². The van der Waals surface area contributed by atoms with Gasteiger partial charge in [-0.05, 0) is 43.7 Å². The van der Waals surface area contributed by atoms with E-state index in [0.29, 0.717) is 35.4 Å². The van der Waals surface area contributed by atoms with Crippen molar-refractivity contribution in [1.29, 1.82) is 0 Å². The molecule has 2 atom stereocenters. The molecule has 0 spiro atoms. The molecule has 0 bridgehead atoms. The van der Waals surface area contributed by atoms with Crippen LogP contribution in [0.2, 0.25) is 5.02 Å². The number of halogens is 1. The number of aromatic amines is 1. The average molecular weight is 550 g/mol. The maximum atomic E-state index is 11.7. The molecule has 2 fully saturated rings. The molecule has 1 N–H and O–H groups in total. The molecule has 1 aliphatic heterocycles. The van der Waals surface area contributed by atoms with Crippen molar-refractivity contribution >= 4 is 28.7 Å². The highest BCUT2D eigenvalue weighted by Gasteiger charge is 2.33. The van der Waals surface area contributed by atoms with Gasteiger partial charge in [-0.15, -0.1) is 11.7 Å². The number of nitrogens with one attached hydrogen (secondary N) is 1. The Morgan fingerprint density at radius 1 is 1.18 bits per heavy atom. The lowest BCUT2D eigenvalue weighted by Crippen LogP contribution is -2.50. The number of morpholine rings is 1. The first-order chi connectivity index (χ1) is 18.9. The second kappa shape index (κ2) is 10.6. The quantitative estimate of drug-likeness (QED) is 0.330. The highest BCUT2D eigenvalue weighted by molar-refractivity contribution is 6.30. The fraction of sp³-hybridized carbons (Fsp3) is 0.464. The van der Waals surface area contributed by atoms with Crippen molar-refractivity contribution in [2.75, 3.05) is 18.1 Å². The first-order valence-corrected chi connectivity index (χ1v) is 13.9. The minimum absolute atomic E-state index is 0.00603. The van der Waals surface area contributed by atoms with Crippen LogP contribution in [0.5, 0.6) is 0 Å². The third kappa shape index (κ3) is 4.98. The second-order valence-electron chi connectivity index (χ2n) is 10.6. The predicted octanol–water partition coefficient (Wildman–Crippen LogP) is 5.10. The Morgan fingerprint density at radius 3 is 2.72 bits per heavy atom. The molecule has 4 heterocycles. The zero-order chi connectivity index (χ0) is 27.1. The topological polar surface area (TPSA) is 115 Å². The van der Waals surface area contributed by atoms with Crippen LogP contribution < -0.4 is 10.7 Å². The number of ether oxygens (including phenoxy) is 1. The Balaban J connectivity index is 1.59. The molecular formula is C28H32ClN7O3. The molecule has 6 rings (SSSR count). The van der Waals surface area contributed by atoms with E-state index in [1.54, 1.807) is 0 Å². The summed E-state index contributed by atoms with van der Waals surface area (Å²) in [5.74, 6) is 1.57. The molecule has 3 aromatic heterocycles. The molecule has 39 heavy (non-hydrogen) atoms. The summed E-state index contributed by atoms with van der Waals surface area (Å²) in [7, 11) is 0. The van der Waals surface area contributed by atoms with Crippen LogP contribution in [0.3, 0.4) is 0 Å². The Bertz CT molecular complexity index is 1550. The lowest BCUT2D eigenvalue weighted by atomic mass is 9.83. The molecule has 1 saturated heterocycles. The highest BCUT2D eigenvalue weighted by Crippen LogP contribution is 2.37. The molecule has 0 radical (unpaired) electrons. The van der Waals surface area contributed by atoms with Crippen molar-refractivity contribution in [3.05, 3.63) is 52.5 Å². The Hall–Kier alpha value is -3.50. The summed E-state index contributed by atoms with van der Waals surface area (Å²) >= 11 is 6.42. The smallest absolute Gasteiger partial charge is 0.384 e. The zero-order valence-corrected chi connectivity index (χ0v) is 22.9. The first kappa shape index (κ1) is 25.8. The molecule has 0 amide bonds. The number of aromatic nitrogens is 6. The summed E-state index contributed by atoms with van der Waals surface area (Å²) in [5, 5.41) is 6.86. The van der Waals surface area contributed by atoms with Gasteiger partial charge in [-0.3, -0.25) is 0 Å². The van der Waals surface area contributed by atoms with Gasteiger partial charge in [0.15, 0.2) is 5.65 Å². The standard InChI is InChI=1S/C28H32ClN7O3/c1-4-21-17(3)38-13-12-35(21)27-32-24-23(36(27)15-18-10-8-16(2)9-11-18)22(19-6-5-7-20(29)14-19)30-25(31-24)26-33-34-28(37)39-26/h4-7,14,16-18,21H,1,8-13,15H2,2-3H3,(H,34,37)/t16?,17-,18?,21-/m1/s1. The summed E-state index contributed by atoms with van der Waals surface area (Å²) in [4.78, 5) is 28.7. The molecule has 4 aromatic rings. The molecule has 204 valence electrons. The summed E-state index contributed by atoms with van der Waals surface area (Å²) in [6.45, 7) is 10.5. The van der Waals surface area contributed by atoms with Gasteiger partial charge in [-0.2, -0.15) is 4.98 Å². The van der Waals surface area contributed by atoms with E-state index < -0.39 is 5.76 Å². The Labute approximate surface area is 231 Å². The molecule has 1 aromatic carbocycles. The van der Waals surface area contributed by atoms with E-state index >= 15 is 0 Å². The zero-order valence-electron chi connectivity index (χ0n) is 22.1.